The summed E-state index contributed by atoms with van der Waals surface area (Å²) in [5.74, 6) is -1.22. The lowest BCUT2D eigenvalue weighted by molar-refractivity contribution is -0.142. The van der Waals surface area contributed by atoms with Gasteiger partial charge in [0.05, 0.1) is 5.69 Å². The van der Waals surface area contributed by atoms with Crippen LogP contribution in [0.5, 0.6) is 0 Å². The highest BCUT2D eigenvalue weighted by atomic mass is 16.4. The summed E-state index contributed by atoms with van der Waals surface area (Å²) < 4.78 is 1.03. The number of hydrogen-bond acceptors (Lipinski definition) is 3. The molecule has 0 bridgehead atoms. The normalized spacial score (nSPS) is 12.8. The van der Waals surface area contributed by atoms with Crippen LogP contribution in [-0.4, -0.2) is 20.9 Å². The van der Waals surface area contributed by atoms with Crippen LogP contribution in [0, 0.1) is 12.8 Å². The molecule has 0 aromatic carbocycles. The Bertz CT molecular complexity index is 423. The van der Waals surface area contributed by atoms with Crippen LogP contribution in [0.4, 0.5) is 0 Å². The molecule has 1 unspecified atom stereocenters. The zero-order valence-corrected chi connectivity index (χ0v) is 8.97. The molecule has 1 N–H and O–H groups in total. The molecule has 0 aliphatic carbocycles. The minimum absolute atomic E-state index is 0.186. The van der Waals surface area contributed by atoms with Crippen LogP contribution in [0.25, 0.3) is 0 Å². The van der Waals surface area contributed by atoms with E-state index in [1.807, 2.05) is 0 Å². The van der Waals surface area contributed by atoms with Gasteiger partial charge in [-0.3, -0.25) is 4.79 Å². The van der Waals surface area contributed by atoms with Gasteiger partial charge in [-0.15, -0.1) is 0 Å². The van der Waals surface area contributed by atoms with Gasteiger partial charge in [-0.1, -0.05) is 13.8 Å². The fourth-order valence-corrected chi connectivity index (χ4v) is 1.39. The quantitative estimate of drug-likeness (QED) is 0.802. The maximum absolute atomic E-state index is 11.5. The fourth-order valence-electron chi connectivity index (χ4n) is 1.39. The van der Waals surface area contributed by atoms with E-state index in [9.17, 15) is 9.59 Å². The number of aromatic nitrogens is 2. The van der Waals surface area contributed by atoms with Crippen molar-refractivity contribution in [3.63, 3.8) is 0 Å². The highest BCUT2D eigenvalue weighted by molar-refractivity contribution is 5.71. The molecule has 5 heteroatoms. The molecule has 5 nitrogen and oxygen atoms in total. The Balaban J connectivity index is 3.28. The molecule has 0 aliphatic heterocycles. The summed E-state index contributed by atoms with van der Waals surface area (Å²) >= 11 is 0. The van der Waals surface area contributed by atoms with Gasteiger partial charge in [0.15, 0.2) is 6.04 Å². The van der Waals surface area contributed by atoms with Crippen LogP contribution < -0.4 is 5.56 Å². The number of carbonyl (C=O) groups is 1. The second-order valence-electron chi connectivity index (χ2n) is 3.78. The second kappa shape index (κ2) is 4.25. The molecule has 0 saturated carbocycles. The highest BCUT2D eigenvalue weighted by Gasteiger charge is 2.25. The van der Waals surface area contributed by atoms with E-state index in [4.69, 9.17) is 5.11 Å². The van der Waals surface area contributed by atoms with E-state index in [0.29, 0.717) is 5.69 Å². The minimum atomic E-state index is -1.04. The summed E-state index contributed by atoms with van der Waals surface area (Å²) in [5, 5.41) is 13.0. The first kappa shape index (κ1) is 11.4. The molecular formula is C10H14N2O3. The van der Waals surface area contributed by atoms with Gasteiger partial charge in [-0.25, -0.2) is 9.48 Å². The van der Waals surface area contributed by atoms with Crippen molar-refractivity contribution in [3.8, 4) is 0 Å². The first-order valence-corrected chi connectivity index (χ1v) is 4.72. The van der Waals surface area contributed by atoms with Gasteiger partial charge in [0.25, 0.3) is 5.56 Å². The molecule has 1 aromatic rings. The predicted molar refractivity (Wildman–Crippen MR) is 54.7 cm³/mol. The molecule has 0 fully saturated rings. The first-order valence-electron chi connectivity index (χ1n) is 4.72. The van der Waals surface area contributed by atoms with E-state index >= 15 is 0 Å². The van der Waals surface area contributed by atoms with E-state index in [1.54, 1.807) is 26.8 Å². The van der Waals surface area contributed by atoms with Crippen LogP contribution >= 0.6 is 0 Å². The molecule has 0 aliphatic rings. The predicted octanol–water partition coefficient (Wildman–Crippen LogP) is 0.833. The molecule has 1 aromatic heterocycles. The summed E-state index contributed by atoms with van der Waals surface area (Å²) in [6.07, 6.45) is 0. The van der Waals surface area contributed by atoms with E-state index in [1.165, 1.54) is 6.07 Å². The third kappa shape index (κ3) is 2.43. The Hall–Kier alpha value is -1.65. The smallest absolute Gasteiger partial charge is 0.328 e. The van der Waals surface area contributed by atoms with Crippen LogP contribution in [-0.2, 0) is 4.79 Å². The van der Waals surface area contributed by atoms with Crippen molar-refractivity contribution in [1.82, 2.24) is 9.78 Å². The van der Waals surface area contributed by atoms with Crippen molar-refractivity contribution in [2.75, 3.05) is 0 Å². The largest absolute Gasteiger partial charge is 0.480 e. The number of hydrogen-bond donors (Lipinski definition) is 1. The maximum Gasteiger partial charge on any atom is 0.328 e. The lowest BCUT2D eigenvalue weighted by Crippen LogP contribution is -2.34. The highest BCUT2D eigenvalue weighted by Crippen LogP contribution is 2.14. The number of aliphatic carboxylic acids is 1. The van der Waals surface area contributed by atoms with Gasteiger partial charge in [0.2, 0.25) is 0 Å². The number of carboxylic acids is 1. The topological polar surface area (TPSA) is 72.2 Å². The summed E-state index contributed by atoms with van der Waals surface area (Å²) in [4.78, 5) is 22.5. The van der Waals surface area contributed by atoms with Crippen molar-refractivity contribution < 1.29 is 9.90 Å². The number of nitrogens with zero attached hydrogens (tertiary/aromatic N) is 2. The average Bonchev–Trinajstić information content (AvgIpc) is 2.10. The molecule has 15 heavy (non-hydrogen) atoms. The van der Waals surface area contributed by atoms with Gasteiger partial charge in [-0.2, -0.15) is 5.10 Å². The van der Waals surface area contributed by atoms with Gasteiger partial charge in [0, 0.05) is 6.07 Å². The van der Waals surface area contributed by atoms with Gasteiger partial charge < -0.3 is 5.11 Å². The minimum Gasteiger partial charge on any atom is -0.480 e. The van der Waals surface area contributed by atoms with Crippen molar-refractivity contribution >= 4 is 5.97 Å². The number of aryl methyl sites for hydroxylation is 1. The van der Waals surface area contributed by atoms with Crippen LogP contribution in [0.2, 0.25) is 0 Å². The summed E-state index contributed by atoms with van der Waals surface area (Å²) in [7, 11) is 0. The molecule has 0 saturated heterocycles. The number of carboxylic acid groups (broad SMARTS) is 1. The van der Waals surface area contributed by atoms with Crippen molar-refractivity contribution in [2.45, 2.75) is 26.8 Å². The summed E-state index contributed by atoms with van der Waals surface area (Å²) in [6.45, 7) is 5.21. The van der Waals surface area contributed by atoms with Crippen LogP contribution in [0.15, 0.2) is 16.9 Å². The molecule has 1 rings (SSSR count). The van der Waals surface area contributed by atoms with Crippen molar-refractivity contribution in [2.24, 2.45) is 5.92 Å². The Morgan fingerprint density at radius 3 is 2.53 bits per heavy atom. The standard InChI is InChI=1S/C10H14N2O3/c1-6(2)9(10(14)15)12-8(13)5-4-7(3)11-12/h4-6,9H,1-3H3,(H,14,15). The Morgan fingerprint density at radius 2 is 2.07 bits per heavy atom. The van der Waals surface area contributed by atoms with Crippen LogP contribution in [0.3, 0.4) is 0 Å². The van der Waals surface area contributed by atoms with Gasteiger partial charge >= 0.3 is 5.97 Å². The Kier molecular flexibility index (Phi) is 3.24. The third-order valence-corrected chi connectivity index (χ3v) is 2.11. The summed E-state index contributed by atoms with van der Waals surface area (Å²) in [6, 6.07) is 2.00. The lowest BCUT2D eigenvalue weighted by atomic mass is 10.1. The number of rotatable bonds is 3. The van der Waals surface area contributed by atoms with E-state index < -0.39 is 12.0 Å². The van der Waals surface area contributed by atoms with E-state index in [-0.39, 0.29) is 11.5 Å². The second-order valence-corrected chi connectivity index (χ2v) is 3.78. The average molecular weight is 210 g/mol. The molecule has 0 spiro atoms. The summed E-state index contributed by atoms with van der Waals surface area (Å²) in [5.41, 5.74) is 0.239. The molecule has 0 radical (unpaired) electrons. The fraction of sp³-hybridized carbons (Fsp3) is 0.500. The third-order valence-electron chi connectivity index (χ3n) is 2.11. The molecule has 82 valence electrons. The molecule has 1 atom stereocenters. The zero-order chi connectivity index (χ0) is 11.6. The maximum atomic E-state index is 11.5. The Labute approximate surface area is 87.4 Å². The molecule has 0 amide bonds. The van der Waals surface area contributed by atoms with E-state index in [2.05, 4.69) is 5.10 Å². The SMILES string of the molecule is Cc1ccc(=O)n(C(C(=O)O)C(C)C)n1. The Morgan fingerprint density at radius 1 is 1.47 bits per heavy atom. The monoisotopic (exact) mass is 210 g/mol. The first-order chi connectivity index (χ1) is 6.93. The van der Waals surface area contributed by atoms with Crippen LogP contribution in [0.1, 0.15) is 25.6 Å². The van der Waals surface area contributed by atoms with E-state index in [0.717, 1.165) is 4.68 Å². The zero-order valence-electron chi connectivity index (χ0n) is 8.97. The molecular weight excluding hydrogens is 196 g/mol. The van der Waals surface area contributed by atoms with Crippen molar-refractivity contribution in [1.29, 1.82) is 0 Å². The molecule has 1 heterocycles. The van der Waals surface area contributed by atoms with Crippen molar-refractivity contribution in [3.05, 3.63) is 28.2 Å². The van der Waals surface area contributed by atoms with Gasteiger partial charge in [0.1, 0.15) is 0 Å². The van der Waals surface area contributed by atoms with Gasteiger partial charge in [-0.05, 0) is 18.9 Å². The lowest BCUT2D eigenvalue weighted by Gasteiger charge is -2.17.